The summed E-state index contributed by atoms with van der Waals surface area (Å²) in [6.07, 6.45) is 3.75. The monoisotopic (exact) mass is 412 g/mol. The molecule has 3 heterocycles. The summed E-state index contributed by atoms with van der Waals surface area (Å²) in [6, 6.07) is 5.02. The fourth-order valence-corrected chi connectivity index (χ4v) is 4.32. The van der Waals surface area contributed by atoms with E-state index in [4.69, 9.17) is 16.3 Å². The van der Waals surface area contributed by atoms with Crippen LogP contribution in [-0.2, 0) is 7.05 Å². The van der Waals surface area contributed by atoms with Gasteiger partial charge in [-0.05, 0) is 37.6 Å². The van der Waals surface area contributed by atoms with Gasteiger partial charge in [0.05, 0.1) is 17.8 Å². The molecule has 0 aliphatic heterocycles. The maximum Gasteiger partial charge on any atom is 0.142 e. The van der Waals surface area contributed by atoms with Crippen molar-refractivity contribution in [2.45, 2.75) is 26.7 Å². The number of nitrogens with zero attached hydrogens (tertiary/aromatic N) is 3. The third kappa shape index (κ3) is 3.08. The van der Waals surface area contributed by atoms with Gasteiger partial charge in [-0.15, -0.1) is 0 Å². The van der Waals surface area contributed by atoms with Gasteiger partial charge in [0.1, 0.15) is 17.2 Å². The maximum absolute atomic E-state index is 14.2. The molecule has 0 radical (unpaired) electrons. The number of hydrogen-bond donors (Lipinski definition) is 1. The number of methoxy groups -OCH3 is 1. The summed E-state index contributed by atoms with van der Waals surface area (Å²) in [5, 5.41) is 5.55. The van der Waals surface area contributed by atoms with Gasteiger partial charge in [0, 0.05) is 53.1 Å². The number of nitrogens with one attached hydrogen (secondary N) is 1. The van der Waals surface area contributed by atoms with Crippen molar-refractivity contribution in [3.05, 3.63) is 63.9 Å². The van der Waals surface area contributed by atoms with E-state index in [1.165, 1.54) is 6.07 Å². The smallest absolute Gasteiger partial charge is 0.142 e. The first-order valence-electron chi connectivity index (χ1n) is 9.33. The van der Waals surface area contributed by atoms with Crippen LogP contribution in [0.5, 0.6) is 5.75 Å². The van der Waals surface area contributed by atoms with Crippen molar-refractivity contribution < 1.29 is 9.13 Å². The predicted octanol–water partition coefficient (Wildman–Crippen LogP) is 5.53. The third-order valence-electron chi connectivity index (χ3n) is 5.57. The lowest BCUT2D eigenvalue weighted by molar-refractivity contribution is 0.407. The van der Waals surface area contributed by atoms with Crippen molar-refractivity contribution in [1.82, 2.24) is 19.7 Å². The molecule has 0 amide bonds. The molecule has 7 heteroatoms. The van der Waals surface area contributed by atoms with Gasteiger partial charge >= 0.3 is 0 Å². The lowest BCUT2D eigenvalue weighted by Crippen LogP contribution is -2.02. The Morgan fingerprint density at radius 1 is 1.28 bits per heavy atom. The Balaban J connectivity index is 1.89. The van der Waals surface area contributed by atoms with Gasteiger partial charge in [-0.2, -0.15) is 5.10 Å². The predicted molar refractivity (Wildman–Crippen MR) is 113 cm³/mol. The SMILES string of the molecule is COc1ccc(F)c(Cl)c1[C@@H](C)c1c[nH]c2ncc(-c3c(C)nn(C)c3C)cc12. The number of H-pyrrole nitrogens is 1. The van der Waals surface area contributed by atoms with Crippen LogP contribution in [0.15, 0.2) is 30.6 Å². The molecule has 0 unspecified atom stereocenters. The number of aromatic nitrogens is 4. The molecule has 5 nitrogen and oxygen atoms in total. The first kappa shape index (κ1) is 19.5. The zero-order valence-electron chi connectivity index (χ0n) is 17.0. The highest BCUT2D eigenvalue weighted by molar-refractivity contribution is 6.31. The molecule has 29 heavy (non-hydrogen) atoms. The number of benzene rings is 1. The summed E-state index contributed by atoms with van der Waals surface area (Å²) in [5.41, 5.74) is 6.44. The number of halogens is 2. The standard InChI is InChI=1S/C22H22ClFN4O/c1-11(19-18(29-5)7-6-17(24)21(19)23)16-10-26-22-15(16)8-14(9-25-22)20-12(2)27-28(4)13(20)3/h6-11H,1-5H3,(H,25,26)/t11-/m0/s1. The molecule has 0 saturated carbocycles. The molecular weight excluding hydrogens is 391 g/mol. The van der Waals surface area contributed by atoms with E-state index in [0.717, 1.165) is 39.1 Å². The number of ether oxygens (including phenoxy) is 1. The van der Waals surface area contributed by atoms with Gasteiger partial charge in [-0.3, -0.25) is 4.68 Å². The molecular formula is C22H22ClFN4O. The van der Waals surface area contributed by atoms with E-state index in [1.54, 1.807) is 13.2 Å². The molecule has 0 bridgehead atoms. The molecule has 0 saturated heterocycles. The summed E-state index contributed by atoms with van der Waals surface area (Å²) in [7, 11) is 3.49. The molecule has 4 rings (SSSR count). The number of pyridine rings is 1. The fraction of sp³-hybridized carbons (Fsp3) is 0.273. The Morgan fingerprint density at radius 2 is 2.03 bits per heavy atom. The van der Waals surface area contributed by atoms with Crippen LogP contribution < -0.4 is 4.74 Å². The van der Waals surface area contributed by atoms with Gasteiger partial charge in [0.2, 0.25) is 0 Å². The number of fused-ring (bicyclic) bond motifs is 1. The molecule has 1 aromatic carbocycles. The van der Waals surface area contributed by atoms with E-state index in [2.05, 4.69) is 21.1 Å². The average Bonchev–Trinajstić information content (AvgIpc) is 3.23. The molecule has 0 aliphatic carbocycles. The second kappa shape index (κ2) is 7.19. The van der Waals surface area contributed by atoms with Gasteiger partial charge in [-0.1, -0.05) is 18.5 Å². The third-order valence-corrected chi connectivity index (χ3v) is 5.96. The fourth-order valence-electron chi connectivity index (χ4n) is 4.00. The molecule has 0 fully saturated rings. The normalized spacial score (nSPS) is 12.5. The highest BCUT2D eigenvalue weighted by Gasteiger charge is 2.23. The van der Waals surface area contributed by atoms with Crippen molar-refractivity contribution >= 4 is 22.6 Å². The molecule has 0 aliphatic rings. The number of hydrogen-bond acceptors (Lipinski definition) is 3. The first-order chi connectivity index (χ1) is 13.8. The van der Waals surface area contributed by atoms with Crippen LogP contribution in [-0.4, -0.2) is 26.9 Å². The topological polar surface area (TPSA) is 55.7 Å². The number of aromatic amines is 1. The van der Waals surface area contributed by atoms with Gasteiger partial charge < -0.3 is 9.72 Å². The van der Waals surface area contributed by atoms with E-state index in [0.29, 0.717) is 11.3 Å². The van der Waals surface area contributed by atoms with E-state index in [1.807, 2.05) is 44.9 Å². The van der Waals surface area contributed by atoms with E-state index in [9.17, 15) is 4.39 Å². The summed E-state index contributed by atoms with van der Waals surface area (Å²) < 4.78 is 21.5. The van der Waals surface area contributed by atoms with Crippen LogP contribution in [0.25, 0.3) is 22.2 Å². The average molecular weight is 413 g/mol. The Bertz CT molecular complexity index is 1230. The Hall–Kier alpha value is -2.86. The van der Waals surface area contributed by atoms with Crippen molar-refractivity contribution in [2.75, 3.05) is 7.11 Å². The Morgan fingerprint density at radius 3 is 2.69 bits per heavy atom. The number of rotatable bonds is 4. The second-order valence-electron chi connectivity index (χ2n) is 7.23. The van der Waals surface area contributed by atoms with Crippen LogP contribution in [0.2, 0.25) is 5.02 Å². The van der Waals surface area contributed by atoms with Crippen LogP contribution >= 0.6 is 11.6 Å². The highest BCUT2D eigenvalue weighted by atomic mass is 35.5. The highest BCUT2D eigenvalue weighted by Crippen LogP contribution is 2.41. The lowest BCUT2D eigenvalue weighted by atomic mass is 9.91. The molecule has 150 valence electrons. The minimum atomic E-state index is -0.463. The van der Waals surface area contributed by atoms with E-state index in [-0.39, 0.29) is 10.9 Å². The quantitative estimate of drug-likeness (QED) is 0.479. The molecule has 0 spiro atoms. The minimum absolute atomic E-state index is 0.0780. The Kier molecular flexibility index (Phi) is 4.82. The molecule has 3 aromatic heterocycles. The zero-order valence-corrected chi connectivity index (χ0v) is 17.7. The molecule has 4 aromatic rings. The molecule has 1 atom stereocenters. The van der Waals surface area contributed by atoms with Crippen LogP contribution in [0.4, 0.5) is 4.39 Å². The van der Waals surface area contributed by atoms with E-state index >= 15 is 0 Å². The van der Waals surface area contributed by atoms with Gasteiger partial charge in [-0.25, -0.2) is 9.37 Å². The Labute approximate surface area is 173 Å². The first-order valence-corrected chi connectivity index (χ1v) is 9.70. The van der Waals surface area contributed by atoms with Gasteiger partial charge in [0.15, 0.2) is 0 Å². The van der Waals surface area contributed by atoms with Crippen LogP contribution in [0.3, 0.4) is 0 Å². The lowest BCUT2D eigenvalue weighted by Gasteiger charge is -2.17. The van der Waals surface area contributed by atoms with Crippen molar-refractivity contribution in [3.63, 3.8) is 0 Å². The zero-order chi connectivity index (χ0) is 20.9. The minimum Gasteiger partial charge on any atom is -0.496 e. The largest absolute Gasteiger partial charge is 0.496 e. The van der Waals surface area contributed by atoms with E-state index < -0.39 is 5.82 Å². The van der Waals surface area contributed by atoms with Crippen molar-refractivity contribution in [1.29, 1.82) is 0 Å². The summed E-state index contributed by atoms with van der Waals surface area (Å²) in [5.74, 6) is -0.106. The van der Waals surface area contributed by atoms with Crippen LogP contribution in [0.1, 0.15) is 35.4 Å². The second-order valence-corrected chi connectivity index (χ2v) is 7.61. The van der Waals surface area contributed by atoms with Crippen LogP contribution in [0, 0.1) is 19.7 Å². The maximum atomic E-state index is 14.2. The molecule has 1 N–H and O–H groups in total. The van der Waals surface area contributed by atoms with Crippen molar-refractivity contribution in [2.24, 2.45) is 7.05 Å². The van der Waals surface area contributed by atoms with Gasteiger partial charge in [0.25, 0.3) is 0 Å². The summed E-state index contributed by atoms with van der Waals surface area (Å²) >= 11 is 6.32. The summed E-state index contributed by atoms with van der Waals surface area (Å²) in [6.45, 7) is 6.02. The van der Waals surface area contributed by atoms with Crippen molar-refractivity contribution in [3.8, 4) is 16.9 Å². The number of aryl methyl sites for hydroxylation is 2. The summed E-state index contributed by atoms with van der Waals surface area (Å²) in [4.78, 5) is 7.81.